The molecule has 0 fully saturated rings. The minimum absolute atomic E-state index is 0.0884. The van der Waals surface area contributed by atoms with Crippen molar-refractivity contribution in [2.24, 2.45) is 0 Å². The van der Waals surface area contributed by atoms with E-state index in [2.05, 4.69) is 25.8 Å². The number of benzene rings is 1. The Hall–Kier alpha value is -1.92. The highest BCUT2D eigenvalue weighted by molar-refractivity contribution is 9.10. The van der Waals surface area contributed by atoms with Gasteiger partial charge in [0.2, 0.25) is 0 Å². The van der Waals surface area contributed by atoms with Crippen molar-refractivity contribution in [1.82, 2.24) is 9.78 Å². The van der Waals surface area contributed by atoms with Crippen LogP contribution < -0.4 is 4.74 Å². The summed E-state index contributed by atoms with van der Waals surface area (Å²) in [5.74, 6) is -1.14. The van der Waals surface area contributed by atoms with Gasteiger partial charge in [-0.1, -0.05) is 0 Å². The van der Waals surface area contributed by atoms with E-state index in [4.69, 9.17) is 0 Å². The van der Waals surface area contributed by atoms with Gasteiger partial charge in [-0.3, -0.25) is 0 Å². The minimum atomic E-state index is -6.40. The average Bonchev–Trinajstić information content (AvgIpc) is 2.96. The Bertz CT molecular complexity index is 757. The monoisotopic (exact) mass is 456 g/mol. The topological polar surface area (TPSA) is 27.1 Å². The van der Waals surface area contributed by atoms with Crippen LogP contribution in [-0.2, 0) is 5.67 Å². The van der Waals surface area contributed by atoms with Gasteiger partial charge in [-0.25, -0.2) is 9.07 Å². The molecule has 2 aromatic rings. The summed E-state index contributed by atoms with van der Waals surface area (Å²) >= 11 is 2.65. The second-order valence-corrected chi connectivity index (χ2v) is 5.64. The fourth-order valence-corrected chi connectivity index (χ4v) is 2.69. The van der Waals surface area contributed by atoms with Crippen molar-refractivity contribution in [3.8, 4) is 11.4 Å². The molecule has 0 radical (unpaired) electrons. The molecule has 0 aliphatic heterocycles. The summed E-state index contributed by atoms with van der Waals surface area (Å²) in [6.45, 7) is -3.60. The van der Waals surface area contributed by atoms with Crippen molar-refractivity contribution in [1.29, 1.82) is 0 Å². The molecule has 1 aromatic carbocycles. The van der Waals surface area contributed by atoms with Gasteiger partial charge < -0.3 is 4.74 Å². The van der Waals surface area contributed by atoms with E-state index < -0.39 is 46.1 Å². The summed E-state index contributed by atoms with van der Waals surface area (Å²) in [4.78, 5) is 0. The van der Waals surface area contributed by atoms with Crippen molar-refractivity contribution in [3.05, 3.63) is 40.6 Å². The normalized spacial score (nSPS) is 13.3. The van der Waals surface area contributed by atoms with Crippen LogP contribution in [0.1, 0.15) is 5.56 Å². The number of alkyl halides is 9. The summed E-state index contributed by atoms with van der Waals surface area (Å²) < 4.78 is 121. The zero-order valence-corrected chi connectivity index (χ0v) is 13.6. The zero-order chi connectivity index (χ0) is 19.9. The maximum Gasteiger partial charge on any atom is 0.435 e. The molecule has 0 saturated carbocycles. The van der Waals surface area contributed by atoms with Crippen LogP contribution in [0.15, 0.2) is 35.1 Å². The third-order valence-electron chi connectivity index (χ3n) is 3.16. The molecule has 1 aromatic heterocycles. The summed E-state index contributed by atoms with van der Waals surface area (Å²) in [6, 6.07) is 1.39. The van der Waals surface area contributed by atoms with Crippen molar-refractivity contribution in [2.45, 2.75) is 24.6 Å². The van der Waals surface area contributed by atoms with Gasteiger partial charge in [-0.15, -0.1) is 0 Å². The fraction of sp³-hybridized carbons (Fsp3) is 0.308. The van der Waals surface area contributed by atoms with Crippen LogP contribution in [0.3, 0.4) is 0 Å². The maximum absolute atomic E-state index is 14.2. The highest BCUT2D eigenvalue weighted by Crippen LogP contribution is 2.54. The lowest BCUT2D eigenvalue weighted by Gasteiger charge is -2.31. The van der Waals surface area contributed by atoms with Gasteiger partial charge in [0.1, 0.15) is 5.69 Å². The van der Waals surface area contributed by atoms with Gasteiger partial charge in [0, 0.05) is 22.4 Å². The molecule has 0 aliphatic rings. The van der Waals surface area contributed by atoms with Crippen molar-refractivity contribution < 1.29 is 44.3 Å². The van der Waals surface area contributed by atoms with Gasteiger partial charge in [0.25, 0.3) is 0 Å². The van der Waals surface area contributed by atoms with Crippen LogP contribution in [0, 0.1) is 0 Å². The van der Waals surface area contributed by atoms with Crippen LogP contribution >= 0.6 is 15.9 Å². The largest absolute Gasteiger partial charge is 0.435 e. The van der Waals surface area contributed by atoms with E-state index in [0.29, 0.717) is 0 Å². The number of hydrogen-bond acceptors (Lipinski definition) is 2. The summed E-state index contributed by atoms with van der Waals surface area (Å²) in [7, 11) is 0. The first-order valence-electron chi connectivity index (χ1n) is 6.40. The number of ether oxygens (including phenoxy) is 1. The molecular weight excluding hydrogens is 451 g/mol. The Morgan fingerprint density at radius 1 is 1.00 bits per heavy atom. The predicted molar refractivity (Wildman–Crippen MR) is 72.8 cm³/mol. The van der Waals surface area contributed by atoms with Gasteiger partial charge in [0.15, 0.2) is 5.75 Å². The lowest BCUT2D eigenvalue weighted by Crippen LogP contribution is -2.50. The molecule has 2 rings (SSSR count). The molecule has 0 atom stereocenters. The van der Waals surface area contributed by atoms with Crippen molar-refractivity contribution in [2.75, 3.05) is 0 Å². The maximum atomic E-state index is 14.2. The SMILES string of the molecule is FC(F)Oc1cc(C(F)(C(F)(F)F)C(F)(F)F)cc(Br)c1-n1cccn1. The molecule has 0 unspecified atom stereocenters. The summed E-state index contributed by atoms with van der Waals surface area (Å²) in [5, 5.41) is 3.63. The quantitative estimate of drug-likeness (QED) is 0.566. The van der Waals surface area contributed by atoms with E-state index in [9.17, 15) is 39.5 Å². The Morgan fingerprint density at radius 3 is 2.00 bits per heavy atom. The molecule has 0 spiro atoms. The molecule has 26 heavy (non-hydrogen) atoms. The Morgan fingerprint density at radius 2 is 1.58 bits per heavy atom. The Labute approximate surface area is 147 Å². The van der Waals surface area contributed by atoms with E-state index in [-0.39, 0.29) is 12.1 Å². The zero-order valence-electron chi connectivity index (χ0n) is 12.0. The van der Waals surface area contributed by atoms with Crippen LogP contribution in [-0.4, -0.2) is 28.7 Å². The highest BCUT2D eigenvalue weighted by atomic mass is 79.9. The van der Waals surface area contributed by atoms with Gasteiger partial charge >= 0.3 is 24.6 Å². The first-order valence-corrected chi connectivity index (χ1v) is 7.19. The molecule has 0 saturated heterocycles. The van der Waals surface area contributed by atoms with E-state index in [1.807, 2.05) is 0 Å². The molecule has 0 amide bonds. The first-order chi connectivity index (χ1) is 11.8. The average molecular weight is 457 g/mol. The molecule has 0 bridgehead atoms. The predicted octanol–water partition coefficient (Wildman–Crippen LogP) is 5.53. The molecule has 0 N–H and O–H groups in total. The van der Waals surface area contributed by atoms with Gasteiger partial charge in [-0.2, -0.15) is 40.2 Å². The minimum Gasteiger partial charge on any atom is -0.432 e. The Kier molecular flexibility index (Phi) is 5.23. The number of aromatic nitrogens is 2. The van der Waals surface area contributed by atoms with Crippen LogP contribution in [0.25, 0.3) is 5.69 Å². The number of hydrogen-bond donors (Lipinski definition) is 0. The van der Waals surface area contributed by atoms with Crippen LogP contribution in [0.5, 0.6) is 5.75 Å². The third kappa shape index (κ3) is 3.48. The fourth-order valence-electron chi connectivity index (χ4n) is 2.07. The van der Waals surface area contributed by atoms with Gasteiger partial charge in [0.05, 0.1) is 0 Å². The van der Waals surface area contributed by atoms with Gasteiger partial charge in [-0.05, 0) is 34.1 Å². The molecule has 144 valence electrons. The standard InChI is InChI=1S/C13H6BrF9N2O/c14-7-4-6(11(17,12(18,19)20)13(21,22)23)5-8(26-10(15)16)9(7)25-3-1-2-24-25/h1-5,10H. The molecule has 1 heterocycles. The second kappa shape index (κ2) is 6.67. The molecule has 3 nitrogen and oxygen atoms in total. The van der Waals surface area contributed by atoms with E-state index in [1.165, 1.54) is 6.07 Å². The molecular formula is C13H6BrF9N2O. The van der Waals surface area contributed by atoms with Crippen LogP contribution in [0.2, 0.25) is 0 Å². The lowest BCUT2D eigenvalue weighted by molar-refractivity contribution is -0.348. The lowest BCUT2D eigenvalue weighted by atomic mass is 9.93. The molecule has 0 aliphatic carbocycles. The Balaban J connectivity index is 2.77. The third-order valence-corrected chi connectivity index (χ3v) is 3.76. The summed E-state index contributed by atoms with van der Waals surface area (Å²) in [5.41, 5.74) is -8.22. The molecule has 13 heteroatoms. The van der Waals surface area contributed by atoms with E-state index in [0.717, 1.165) is 17.1 Å². The van der Waals surface area contributed by atoms with Crippen molar-refractivity contribution >= 4 is 15.9 Å². The van der Waals surface area contributed by atoms with E-state index >= 15 is 0 Å². The number of nitrogens with zero attached hydrogens (tertiary/aromatic N) is 2. The highest BCUT2D eigenvalue weighted by Gasteiger charge is 2.73. The summed E-state index contributed by atoms with van der Waals surface area (Å²) in [6.07, 6.45) is -10.5. The second-order valence-electron chi connectivity index (χ2n) is 4.79. The van der Waals surface area contributed by atoms with Crippen molar-refractivity contribution in [3.63, 3.8) is 0 Å². The number of halogens is 10. The van der Waals surface area contributed by atoms with Crippen LogP contribution in [0.4, 0.5) is 39.5 Å². The first kappa shape index (κ1) is 20.4. The number of rotatable bonds is 4. The van der Waals surface area contributed by atoms with E-state index in [1.54, 1.807) is 0 Å². The smallest absolute Gasteiger partial charge is 0.432 e.